The first-order valence-electron chi connectivity index (χ1n) is 10.7. The summed E-state index contributed by atoms with van der Waals surface area (Å²) >= 11 is 4.25. The second kappa shape index (κ2) is 11.0. The van der Waals surface area contributed by atoms with Gasteiger partial charge in [-0.25, -0.2) is 8.78 Å². The molecule has 180 valence electrons. The van der Waals surface area contributed by atoms with Crippen molar-refractivity contribution >= 4 is 44.9 Å². The molecule has 0 aliphatic carbocycles. The third-order valence-electron chi connectivity index (χ3n) is 5.12. The number of hydrogen-bond donors (Lipinski definition) is 0. The van der Waals surface area contributed by atoms with Crippen LogP contribution in [-0.2, 0) is 17.9 Å². The van der Waals surface area contributed by atoms with Gasteiger partial charge in [-0.2, -0.15) is 0 Å². The van der Waals surface area contributed by atoms with E-state index in [-0.39, 0.29) is 29.4 Å². The Labute approximate surface area is 213 Å². The van der Waals surface area contributed by atoms with E-state index in [4.69, 9.17) is 9.47 Å². The number of benzene rings is 3. The van der Waals surface area contributed by atoms with Crippen LogP contribution in [0.5, 0.6) is 11.5 Å². The van der Waals surface area contributed by atoms with Crippen LogP contribution in [0.4, 0.5) is 13.6 Å². The number of carbonyl (C=O) groups is 2. The van der Waals surface area contributed by atoms with E-state index in [1.54, 1.807) is 48.5 Å². The normalized spacial score (nSPS) is 14.6. The molecule has 2 amide bonds. The van der Waals surface area contributed by atoms with Crippen molar-refractivity contribution in [2.45, 2.75) is 20.1 Å². The number of thioether (sulfide) groups is 1. The highest BCUT2D eigenvalue weighted by Gasteiger charge is 2.35. The lowest BCUT2D eigenvalue weighted by Gasteiger charge is -2.15. The Hall–Kier alpha value is -3.17. The van der Waals surface area contributed by atoms with E-state index in [0.29, 0.717) is 33.7 Å². The van der Waals surface area contributed by atoms with Crippen molar-refractivity contribution in [3.05, 3.63) is 98.4 Å². The lowest BCUT2D eigenvalue weighted by molar-refractivity contribution is -0.123. The van der Waals surface area contributed by atoms with Gasteiger partial charge in [-0.05, 0) is 70.5 Å². The molecule has 9 heteroatoms. The zero-order valence-electron chi connectivity index (χ0n) is 18.6. The minimum absolute atomic E-state index is 0.000368. The fraction of sp³-hybridized carbons (Fsp3) is 0.154. The van der Waals surface area contributed by atoms with E-state index in [0.717, 1.165) is 16.7 Å². The van der Waals surface area contributed by atoms with E-state index in [1.165, 1.54) is 18.2 Å². The molecule has 1 saturated heterocycles. The van der Waals surface area contributed by atoms with Gasteiger partial charge in [0.2, 0.25) is 0 Å². The molecule has 0 saturated carbocycles. The maximum atomic E-state index is 14.0. The molecule has 5 nitrogen and oxygen atoms in total. The molecule has 1 heterocycles. The van der Waals surface area contributed by atoms with Gasteiger partial charge in [0, 0.05) is 11.1 Å². The highest BCUT2D eigenvalue weighted by atomic mass is 79.9. The van der Waals surface area contributed by atoms with Gasteiger partial charge in [0.05, 0.1) is 22.5 Å². The van der Waals surface area contributed by atoms with Crippen molar-refractivity contribution in [2.75, 3.05) is 6.61 Å². The number of hydrogen-bond acceptors (Lipinski definition) is 5. The van der Waals surface area contributed by atoms with E-state index in [1.807, 2.05) is 6.92 Å². The van der Waals surface area contributed by atoms with Crippen LogP contribution in [0.1, 0.15) is 23.6 Å². The summed E-state index contributed by atoms with van der Waals surface area (Å²) in [5.41, 5.74) is 1.25. The van der Waals surface area contributed by atoms with Crippen LogP contribution in [0.25, 0.3) is 6.08 Å². The highest BCUT2D eigenvalue weighted by Crippen LogP contribution is 2.40. The van der Waals surface area contributed by atoms with Gasteiger partial charge < -0.3 is 9.47 Å². The Morgan fingerprint density at radius 1 is 0.971 bits per heavy atom. The molecular formula is C26H20BrF2NO4S. The van der Waals surface area contributed by atoms with Gasteiger partial charge in [-0.1, -0.05) is 36.4 Å². The maximum Gasteiger partial charge on any atom is 0.293 e. The number of carbonyl (C=O) groups excluding carboxylic acids is 2. The number of imide groups is 1. The summed E-state index contributed by atoms with van der Waals surface area (Å²) in [7, 11) is 0. The van der Waals surface area contributed by atoms with Crippen molar-refractivity contribution in [1.82, 2.24) is 4.90 Å². The third kappa shape index (κ3) is 5.74. The second-order valence-electron chi connectivity index (χ2n) is 7.50. The van der Waals surface area contributed by atoms with Gasteiger partial charge in [0.15, 0.2) is 11.5 Å². The first kappa shape index (κ1) is 24.9. The monoisotopic (exact) mass is 559 g/mol. The van der Waals surface area contributed by atoms with E-state index in [9.17, 15) is 18.4 Å². The standard InChI is InChI=1S/C26H20BrF2NO4S/c1-2-33-22-12-16(11-19(27)24(22)34-15-18-8-4-6-10-21(18)29)13-23-25(31)30(26(32)35-23)14-17-7-3-5-9-20(17)28/h3-13H,2,14-15H2,1H3/b23-13-. The SMILES string of the molecule is CCOc1cc(/C=C2\SC(=O)N(Cc3ccccc3F)C2=O)cc(Br)c1OCc1ccccc1F. The van der Waals surface area contributed by atoms with Crippen LogP contribution >= 0.6 is 27.7 Å². The van der Waals surface area contributed by atoms with Gasteiger partial charge >= 0.3 is 0 Å². The van der Waals surface area contributed by atoms with Crippen molar-refractivity contribution in [3.63, 3.8) is 0 Å². The molecule has 1 aliphatic heterocycles. The van der Waals surface area contributed by atoms with Crippen LogP contribution in [0, 0.1) is 11.6 Å². The molecule has 0 bridgehead atoms. The minimum Gasteiger partial charge on any atom is -0.490 e. The van der Waals surface area contributed by atoms with Crippen molar-refractivity contribution in [1.29, 1.82) is 0 Å². The number of nitrogens with zero attached hydrogens (tertiary/aromatic N) is 1. The average molecular weight is 560 g/mol. The average Bonchev–Trinajstić information content (AvgIpc) is 3.08. The van der Waals surface area contributed by atoms with Crippen LogP contribution in [0.2, 0.25) is 0 Å². The molecule has 4 rings (SSSR count). The lowest BCUT2D eigenvalue weighted by atomic mass is 10.1. The van der Waals surface area contributed by atoms with Crippen molar-refractivity contribution < 1.29 is 27.8 Å². The maximum absolute atomic E-state index is 14.0. The topological polar surface area (TPSA) is 55.8 Å². The summed E-state index contributed by atoms with van der Waals surface area (Å²) < 4.78 is 40.1. The quantitative estimate of drug-likeness (QED) is 0.280. The van der Waals surface area contributed by atoms with Gasteiger partial charge in [-0.15, -0.1) is 0 Å². The molecule has 0 aromatic heterocycles. The molecule has 0 N–H and O–H groups in total. The van der Waals surface area contributed by atoms with E-state index in [2.05, 4.69) is 15.9 Å². The van der Waals surface area contributed by atoms with E-state index >= 15 is 0 Å². The summed E-state index contributed by atoms with van der Waals surface area (Å²) in [5.74, 6) is -0.566. The first-order chi connectivity index (χ1) is 16.9. The van der Waals surface area contributed by atoms with Crippen LogP contribution < -0.4 is 9.47 Å². The number of rotatable bonds is 8. The van der Waals surface area contributed by atoms with Crippen LogP contribution in [-0.4, -0.2) is 22.7 Å². The summed E-state index contributed by atoms with van der Waals surface area (Å²) in [4.78, 5) is 26.6. The van der Waals surface area contributed by atoms with Gasteiger partial charge in [0.1, 0.15) is 18.2 Å². The minimum atomic E-state index is -0.503. The number of ether oxygens (including phenoxy) is 2. The molecule has 35 heavy (non-hydrogen) atoms. The van der Waals surface area contributed by atoms with E-state index < -0.39 is 17.0 Å². The summed E-state index contributed by atoms with van der Waals surface area (Å²) in [5, 5.41) is -0.474. The first-order valence-corrected chi connectivity index (χ1v) is 12.3. The van der Waals surface area contributed by atoms with Crippen molar-refractivity contribution in [3.8, 4) is 11.5 Å². The predicted octanol–water partition coefficient (Wildman–Crippen LogP) is 6.94. The summed E-state index contributed by atoms with van der Waals surface area (Å²) in [6, 6.07) is 15.7. The number of halogens is 3. The van der Waals surface area contributed by atoms with Gasteiger partial charge in [-0.3, -0.25) is 14.5 Å². The highest BCUT2D eigenvalue weighted by molar-refractivity contribution is 9.10. The molecule has 3 aromatic carbocycles. The van der Waals surface area contributed by atoms with Crippen molar-refractivity contribution in [2.24, 2.45) is 0 Å². The molecule has 1 fully saturated rings. The summed E-state index contributed by atoms with van der Waals surface area (Å²) in [6.07, 6.45) is 1.57. The second-order valence-corrected chi connectivity index (χ2v) is 9.35. The third-order valence-corrected chi connectivity index (χ3v) is 6.62. The molecule has 1 aliphatic rings. The largest absolute Gasteiger partial charge is 0.490 e. The van der Waals surface area contributed by atoms with Crippen LogP contribution in [0.15, 0.2) is 70.0 Å². The Kier molecular flexibility index (Phi) is 7.87. The molecule has 0 unspecified atom stereocenters. The zero-order chi connectivity index (χ0) is 24.9. The molecule has 3 aromatic rings. The fourth-order valence-electron chi connectivity index (χ4n) is 3.42. The molecule has 0 spiro atoms. The Balaban J connectivity index is 1.57. The summed E-state index contributed by atoms with van der Waals surface area (Å²) in [6.45, 7) is 2.02. The Bertz CT molecular complexity index is 1310. The van der Waals surface area contributed by atoms with Crippen LogP contribution in [0.3, 0.4) is 0 Å². The molecule has 0 radical (unpaired) electrons. The zero-order valence-corrected chi connectivity index (χ0v) is 21.0. The molecule has 0 atom stereocenters. The van der Waals surface area contributed by atoms with Gasteiger partial charge in [0.25, 0.3) is 11.1 Å². The fourth-order valence-corrected chi connectivity index (χ4v) is 4.84. The lowest BCUT2D eigenvalue weighted by Crippen LogP contribution is -2.27. The predicted molar refractivity (Wildman–Crippen MR) is 134 cm³/mol. The smallest absolute Gasteiger partial charge is 0.293 e. The molecular weight excluding hydrogens is 540 g/mol. The Morgan fingerprint density at radius 2 is 1.63 bits per heavy atom. The Morgan fingerprint density at radius 3 is 2.29 bits per heavy atom. The number of amides is 2.